The summed E-state index contributed by atoms with van der Waals surface area (Å²) in [7, 11) is 0. The Balaban J connectivity index is 1.74. The Morgan fingerprint density at radius 1 is 1.30 bits per heavy atom. The van der Waals surface area contributed by atoms with Gasteiger partial charge in [0.05, 0.1) is 6.04 Å². The third-order valence-electron chi connectivity index (χ3n) is 3.22. The molecular formula is C16H20N2OS. The zero-order valence-corrected chi connectivity index (χ0v) is 12.5. The minimum Gasteiger partial charge on any atom is -0.399 e. The largest absolute Gasteiger partial charge is 0.399 e. The molecule has 2 aromatic rings. The molecule has 0 aliphatic carbocycles. The first-order chi connectivity index (χ1) is 9.65. The highest BCUT2D eigenvalue weighted by Crippen LogP contribution is 2.15. The zero-order chi connectivity index (χ0) is 14.4. The number of hydrogen-bond donors (Lipinski definition) is 2. The molecule has 0 radical (unpaired) electrons. The monoisotopic (exact) mass is 288 g/mol. The van der Waals surface area contributed by atoms with Crippen LogP contribution in [0.5, 0.6) is 0 Å². The van der Waals surface area contributed by atoms with Crippen LogP contribution in [0.15, 0.2) is 41.8 Å². The van der Waals surface area contributed by atoms with Crippen LogP contribution in [-0.4, -0.2) is 5.91 Å². The van der Waals surface area contributed by atoms with Crippen LogP contribution in [0, 0.1) is 0 Å². The predicted molar refractivity (Wildman–Crippen MR) is 84.7 cm³/mol. The molecule has 0 fully saturated rings. The Kier molecular flexibility index (Phi) is 5.18. The third kappa shape index (κ3) is 4.38. The Bertz CT molecular complexity index is 534. The van der Waals surface area contributed by atoms with E-state index in [1.54, 1.807) is 11.3 Å². The van der Waals surface area contributed by atoms with E-state index in [4.69, 9.17) is 5.73 Å². The molecule has 1 aromatic heterocycles. The van der Waals surface area contributed by atoms with Crippen molar-refractivity contribution in [3.8, 4) is 0 Å². The third-order valence-corrected chi connectivity index (χ3v) is 4.16. The molecule has 1 atom stereocenters. The molecule has 0 aliphatic rings. The lowest BCUT2D eigenvalue weighted by atomic mass is 10.1. The fraction of sp³-hybridized carbons (Fsp3) is 0.312. The van der Waals surface area contributed by atoms with E-state index in [1.165, 1.54) is 4.88 Å². The van der Waals surface area contributed by atoms with Gasteiger partial charge in [-0.1, -0.05) is 18.2 Å². The molecule has 2 rings (SSSR count). The first-order valence-corrected chi connectivity index (χ1v) is 7.70. The molecule has 0 saturated carbocycles. The zero-order valence-electron chi connectivity index (χ0n) is 11.6. The highest BCUT2D eigenvalue weighted by molar-refractivity contribution is 7.09. The molecule has 0 aliphatic heterocycles. The number of hydrogen-bond acceptors (Lipinski definition) is 3. The van der Waals surface area contributed by atoms with Crippen LogP contribution in [0.1, 0.15) is 36.2 Å². The van der Waals surface area contributed by atoms with Crippen LogP contribution in [0.4, 0.5) is 5.69 Å². The molecule has 20 heavy (non-hydrogen) atoms. The summed E-state index contributed by atoms with van der Waals surface area (Å²) in [5, 5.41) is 5.09. The Labute approximate surface area is 123 Å². The average molecular weight is 288 g/mol. The fourth-order valence-corrected chi connectivity index (χ4v) is 2.81. The second kappa shape index (κ2) is 7.10. The van der Waals surface area contributed by atoms with Gasteiger partial charge in [0.15, 0.2) is 0 Å². The maximum Gasteiger partial charge on any atom is 0.220 e. The van der Waals surface area contributed by atoms with Crippen molar-refractivity contribution in [2.24, 2.45) is 0 Å². The van der Waals surface area contributed by atoms with Crippen molar-refractivity contribution in [1.82, 2.24) is 5.32 Å². The van der Waals surface area contributed by atoms with E-state index >= 15 is 0 Å². The van der Waals surface area contributed by atoms with Gasteiger partial charge in [0.1, 0.15) is 0 Å². The molecule has 0 saturated heterocycles. The van der Waals surface area contributed by atoms with E-state index < -0.39 is 0 Å². The quantitative estimate of drug-likeness (QED) is 0.799. The van der Waals surface area contributed by atoms with Crippen molar-refractivity contribution in [3.05, 3.63) is 52.2 Å². The highest BCUT2D eigenvalue weighted by atomic mass is 32.1. The summed E-state index contributed by atoms with van der Waals surface area (Å²) in [4.78, 5) is 13.2. The van der Waals surface area contributed by atoms with Gasteiger partial charge in [-0.2, -0.15) is 0 Å². The van der Waals surface area contributed by atoms with Crippen LogP contribution in [-0.2, 0) is 11.2 Å². The van der Waals surface area contributed by atoms with Gasteiger partial charge in [0.2, 0.25) is 5.91 Å². The molecule has 0 bridgehead atoms. The minimum absolute atomic E-state index is 0.0184. The lowest BCUT2D eigenvalue weighted by Gasteiger charge is -2.14. The molecule has 3 N–H and O–H groups in total. The van der Waals surface area contributed by atoms with E-state index in [9.17, 15) is 4.79 Å². The van der Waals surface area contributed by atoms with Crippen LogP contribution in [0.2, 0.25) is 0 Å². The summed E-state index contributed by atoms with van der Waals surface area (Å²) in [5.74, 6) is 0.103. The summed E-state index contributed by atoms with van der Waals surface area (Å²) in [6.45, 7) is 1.99. The standard InChI is InChI=1S/C16H20N2OS/c1-12(13-7-9-14(17)10-8-13)18-16(19)6-2-4-15-5-3-11-20-15/h3,5,7-12H,2,4,6,17H2,1H3,(H,18,19). The second-order valence-electron chi connectivity index (χ2n) is 4.89. The van der Waals surface area contributed by atoms with Crippen LogP contribution >= 0.6 is 11.3 Å². The number of carbonyl (C=O) groups is 1. The molecule has 1 aromatic carbocycles. The molecule has 1 heterocycles. The number of nitrogen functional groups attached to an aromatic ring is 1. The van der Waals surface area contributed by atoms with Gasteiger partial charge >= 0.3 is 0 Å². The Morgan fingerprint density at radius 2 is 2.05 bits per heavy atom. The van der Waals surface area contributed by atoms with E-state index in [1.807, 2.05) is 37.3 Å². The summed E-state index contributed by atoms with van der Waals surface area (Å²) in [6, 6.07) is 11.8. The van der Waals surface area contributed by atoms with E-state index in [-0.39, 0.29) is 11.9 Å². The van der Waals surface area contributed by atoms with Gasteiger partial charge in [-0.15, -0.1) is 11.3 Å². The highest BCUT2D eigenvalue weighted by Gasteiger charge is 2.09. The summed E-state index contributed by atoms with van der Waals surface area (Å²) < 4.78 is 0. The van der Waals surface area contributed by atoms with Crippen molar-refractivity contribution in [2.45, 2.75) is 32.2 Å². The molecule has 1 amide bonds. The number of anilines is 1. The number of rotatable bonds is 6. The van der Waals surface area contributed by atoms with Crippen LogP contribution < -0.4 is 11.1 Å². The van der Waals surface area contributed by atoms with Crippen molar-refractivity contribution in [2.75, 3.05) is 5.73 Å². The van der Waals surface area contributed by atoms with Crippen molar-refractivity contribution in [3.63, 3.8) is 0 Å². The number of nitrogens with two attached hydrogens (primary N) is 1. The molecule has 3 nitrogen and oxygen atoms in total. The Morgan fingerprint density at radius 3 is 2.70 bits per heavy atom. The normalized spacial score (nSPS) is 12.1. The number of nitrogens with one attached hydrogen (secondary N) is 1. The average Bonchev–Trinajstić information content (AvgIpc) is 2.92. The first kappa shape index (κ1) is 14.6. The summed E-state index contributed by atoms with van der Waals surface area (Å²) >= 11 is 1.74. The van der Waals surface area contributed by atoms with Crippen molar-refractivity contribution < 1.29 is 4.79 Å². The van der Waals surface area contributed by atoms with E-state index in [2.05, 4.69) is 16.8 Å². The van der Waals surface area contributed by atoms with E-state index in [0.717, 1.165) is 24.1 Å². The fourth-order valence-electron chi connectivity index (χ4n) is 2.06. The van der Waals surface area contributed by atoms with Gasteiger partial charge in [0.25, 0.3) is 0 Å². The van der Waals surface area contributed by atoms with Gasteiger partial charge in [-0.25, -0.2) is 0 Å². The van der Waals surface area contributed by atoms with Crippen molar-refractivity contribution >= 4 is 22.9 Å². The topological polar surface area (TPSA) is 55.1 Å². The molecular weight excluding hydrogens is 268 g/mol. The van der Waals surface area contributed by atoms with Crippen molar-refractivity contribution in [1.29, 1.82) is 0 Å². The molecule has 1 unspecified atom stereocenters. The number of benzene rings is 1. The van der Waals surface area contributed by atoms with E-state index in [0.29, 0.717) is 6.42 Å². The molecule has 0 spiro atoms. The maximum absolute atomic E-state index is 11.9. The predicted octanol–water partition coefficient (Wildman–Crippen LogP) is 3.53. The first-order valence-electron chi connectivity index (χ1n) is 6.82. The van der Waals surface area contributed by atoms with Gasteiger partial charge < -0.3 is 11.1 Å². The number of thiophene rings is 1. The van der Waals surface area contributed by atoms with Crippen LogP contribution in [0.25, 0.3) is 0 Å². The lowest BCUT2D eigenvalue weighted by molar-refractivity contribution is -0.121. The summed E-state index contributed by atoms with van der Waals surface area (Å²) in [6.07, 6.45) is 2.43. The van der Waals surface area contributed by atoms with Gasteiger partial charge in [-0.05, 0) is 48.9 Å². The van der Waals surface area contributed by atoms with Crippen LogP contribution in [0.3, 0.4) is 0 Å². The minimum atomic E-state index is 0.0184. The van der Waals surface area contributed by atoms with Gasteiger partial charge in [0, 0.05) is 17.0 Å². The maximum atomic E-state index is 11.9. The Hall–Kier alpha value is -1.81. The second-order valence-corrected chi connectivity index (χ2v) is 5.92. The lowest BCUT2D eigenvalue weighted by Crippen LogP contribution is -2.26. The molecule has 4 heteroatoms. The number of aryl methyl sites for hydroxylation is 1. The SMILES string of the molecule is CC(NC(=O)CCCc1cccs1)c1ccc(N)cc1. The van der Waals surface area contributed by atoms with Gasteiger partial charge in [-0.3, -0.25) is 4.79 Å². The number of amides is 1. The summed E-state index contributed by atoms with van der Waals surface area (Å²) in [5.41, 5.74) is 7.47. The molecule has 106 valence electrons. The smallest absolute Gasteiger partial charge is 0.220 e. The number of carbonyl (C=O) groups excluding carboxylic acids is 1.